The molecule has 0 aliphatic carbocycles. The third-order valence-electron chi connectivity index (χ3n) is 2.64. The van der Waals surface area contributed by atoms with Crippen LogP contribution in [0.25, 0.3) is 0 Å². The first-order valence-electron chi connectivity index (χ1n) is 6.02. The van der Waals surface area contributed by atoms with Crippen LogP contribution in [-0.4, -0.2) is 5.76 Å². The number of halogens is 3. The summed E-state index contributed by atoms with van der Waals surface area (Å²) in [7, 11) is 0. The van der Waals surface area contributed by atoms with Crippen LogP contribution < -0.4 is 5.32 Å². The largest absolute Gasteiger partial charge is 0.463 e. The van der Waals surface area contributed by atoms with Gasteiger partial charge in [-0.15, -0.1) is 0 Å². The highest BCUT2D eigenvalue weighted by Crippen LogP contribution is 2.22. The molecule has 1 aromatic carbocycles. The van der Waals surface area contributed by atoms with Crippen molar-refractivity contribution in [3.63, 3.8) is 0 Å². The smallest absolute Gasteiger partial charge is 0.284 e. The third-order valence-corrected chi connectivity index (χ3v) is 3.35. The van der Waals surface area contributed by atoms with E-state index in [1.807, 2.05) is 6.92 Å². The molecule has 0 fully saturated rings. The Hall–Kier alpha value is -1.56. The lowest BCUT2D eigenvalue weighted by atomic mass is 10.2. The minimum atomic E-state index is -2.41. The van der Waals surface area contributed by atoms with Gasteiger partial charge in [-0.1, -0.05) is 17.8 Å². The first-order valence-corrected chi connectivity index (χ1v) is 7.07. The highest BCUT2D eigenvalue weighted by Gasteiger charge is 2.08. The van der Waals surface area contributed by atoms with E-state index >= 15 is 0 Å². The zero-order valence-corrected chi connectivity index (χ0v) is 11.6. The molecule has 20 heavy (non-hydrogen) atoms. The lowest BCUT2D eigenvalue weighted by Gasteiger charge is -2.06. The Morgan fingerprint density at radius 3 is 2.70 bits per heavy atom. The Bertz CT molecular complexity index is 571. The quantitative estimate of drug-likeness (QED) is 0.830. The van der Waals surface area contributed by atoms with E-state index < -0.39 is 5.76 Å². The Kier molecular flexibility index (Phi) is 5.00. The molecule has 0 spiro atoms. The fourth-order valence-corrected chi connectivity index (χ4v) is 2.14. The fraction of sp³-hybridized carbons (Fsp3) is 0.286. The molecule has 1 aromatic heterocycles. The lowest BCUT2D eigenvalue weighted by Crippen LogP contribution is -2.00. The van der Waals surface area contributed by atoms with Crippen LogP contribution in [0.15, 0.2) is 34.7 Å². The maximum Gasteiger partial charge on any atom is 0.284 e. The summed E-state index contributed by atoms with van der Waals surface area (Å²) in [5, 5.41) is 2.92. The number of thioether (sulfide) groups is 1. The van der Waals surface area contributed by atoms with Gasteiger partial charge in [-0.3, -0.25) is 0 Å². The maximum atomic E-state index is 13.5. The zero-order valence-electron chi connectivity index (χ0n) is 10.8. The lowest BCUT2D eigenvalue weighted by molar-refractivity contribution is 0.251. The van der Waals surface area contributed by atoms with Crippen LogP contribution in [0.4, 0.5) is 18.9 Å². The van der Waals surface area contributed by atoms with Crippen LogP contribution in [0.2, 0.25) is 0 Å². The van der Waals surface area contributed by atoms with Crippen molar-refractivity contribution in [3.8, 4) is 0 Å². The van der Waals surface area contributed by atoms with E-state index in [4.69, 9.17) is 4.42 Å². The molecule has 1 heterocycles. The van der Waals surface area contributed by atoms with Crippen molar-refractivity contribution in [1.29, 1.82) is 0 Å². The van der Waals surface area contributed by atoms with E-state index in [1.54, 1.807) is 24.3 Å². The molecule has 2 rings (SSSR count). The number of rotatable bonds is 6. The van der Waals surface area contributed by atoms with Crippen molar-refractivity contribution in [1.82, 2.24) is 0 Å². The second-order valence-corrected chi connectivity index (χ2v) is 5.25. The zero-order chi connectivity index (χ0) is 14.5. The second-order valence-electron chi connectivity index (χ2n) is 4.28. The van der Waals surface area contributed by atoms with Gasteiger partial charge in [0.2, 0.25) is 0 Å². The standard InChI is InChI=1S/C14H14F3NOS/c1-9-2-5-12(15)13(6-9)18-7-10-3-4-11(19-10)8-20-14(16)17/h2-6,14,18H,7-8H2,1H3. The van der Waals surface area contributed by atoms with Gasteiger partial charge in [0, 0.05) is 0 Å². The van der Waals surface area contributed by atoms with E-state index in [1.165, 1.54) is 6.07 Å². The normalized spacial score (nSPS) is 11.1. The van der Waals surface area contributed by atoms with Crippen LogP contribution in [0.1, 0.15) is 17.1 Å². The van der Waals surface area contributed by atoms with Gasteiger partial charge in [-0.2, -0.15) is 8.78 Å². The molecule has 0 unspecified atom stereocenters. The Labute approximate surface area is 119 Å². The van der Waals surface area contributed by atoms with Crippen molar-refractivity contribution in [3.05, 3.63) is 53.2 Å². The number of hydrogen-bond acceptors (Lipinski definition) is 3. The van der Waals surface area contributed by atoms with Crippen molar-refractivity contribution < 1.29 is 17.6 Å². The van der Waals surface area contributed by atoms with E-state index in [0.29, 0.717) is 35.5 Å². The summed E-state index contributed by atoms with van der Waals surface area (Å²) in [6.45, 7) is 2.18. The Balaban J connectivity index is 1.92. The molecule has 0 bridgehead atoms. The van der Waals surface area contributed by atoms with Crippen molar-refractivity contribution in [2.75, 3.05) is 5.32 Å². The van der Waals surface area contributed by atoms with Crippen molar-refractivity contribution >= 4 is 17.4 Å². The van der Waals surface area contributed by atoms with Crippen LogP contribution in [0.5, 0.6) is 0 Å². The highest BCUT2D eigenvalue weighted by atomic mass is 32.2. The van der Waals surface area contributed by atoms with Crippen LogP contribution in [-0.2, 0) is 12.3 Å². The molecule has 0 aliphatic rings. The Morgan fingerprint density at radius 1 is 1.20 bits per heavy atom. The van der Waals surface area contributed by atoms with Gasteiger partial charge in [0.15, 0.2) is 0 Å². The molecule has 0 saturated carbocycles. The average molecular weight is 301 g/mol. The van der Waals surface area contributed by atoms with Crippen molar-refractivity contribution in [2.24, 2.45) is 0 Å². The summed E-state index contributed by atoms with van der Waals surface area (Å²) in [6, 6.07) is 8.13. The summed E-state index contributed by atoms with van der Waals surface area (Å²) in [5.74, 6) is -1.57. The summed E-state index contributed by atoms with van der Waals surface area (Å²) < 4.78 is 43.0. The minimum absolute atomic E-state index is 0.122. The van der Waals surface area contributed by atoms with Gasteiger partial charge in [0.1, 0.15) is 17.3 Å². The molecule has 108 valence electrons. The Morgan fingerprint density at radius 2 is 1.95 bits per heavy atom. The molecule has 2 nitrogen and oxygen atoms in total. The van der Waals surface area contributed by atoms with E-state index in [2.05, 4.69) is 5.32 Å². The first-order chi connectivity index (χ1) is 9.54. The third kappa shape index (κ3) is 4.23. The van der Waals surface area contributed by atoms with E-state index in [9.17, 15) is 13.2 Å². The molecule has 6 heteroatoms. The molecular formula is C14H14F3NOS. The monoisotopic (exact) mass is 301 g/mol. The molecule has 0 radical (unpaired) electrons. The number of anilines is 1. The van der Waals surface area contributed by atoms with Crippen LogP contribution in [0, 0.1) is 12.7 Å². The van der Waals surface area contributed by atoms with Crippen LogP contribution in [0.3, 0.4) is 0 Å². The van der Waals surface area contributed by atoms with Gasteiger partial charge in [0.25, 0.3) is 5.76 Å². The van der Waals surface area contributed by atoms with E-state index in [-0.39, 0.29) is 11.6 Å². The number of hydrogen-bond donors (Lipinski definition) is 1. The SMILES string of the molecule is Cc1ccc(F)c(NCc2ccc(CSC(F)F)o2)c1. The predicted octanol–water partition coefficient (Wildman–Crippen LogP) is 4.80. The summed E-state index contributed by atoms with van der Waals surface area (Å²) in [6.07, 6.45) is 0. The van der Waals surface area contributed by atoms with Crippen molar-refractivity contribution in [2.45, 2.75) is 25.0 Å². The summed E-state index contributed by atoms with van der Waals surface area (Å²) in [4.78, 5) is 0. The molecule has 0 aliphatic heterocycles. The second kappa shape index (κ2) is 6.74. The number of alkyl halides is 2. The number of nitrogens with one attached hydrogen (secondary N) is 1. The number of aryl methyl sites for hydroxylation is 1. The molecular weight excluding hydrogens is 287 g/mol. The van der Waals surface area contributed by atoms with Gasteiger partial charge in [-0.25, -0.2) is 4.39 Å². The van der Waals surface area contributed by atoms with Gasteiger partial charge in [0.05, 0.1) is 18.0 Å². The van der Waals surface area contributed by atoms with Crippen LogP contribution >= 0.6 is 11.8 Å². The topological polar surface area (TPSA) is 25.2 Å². The van der Waals surface area contributed by atoms with Gasteiger partial charge in [-0.05, 0) is 36.8 Å². The predicted molar refractivity (Wildman–Crippen MR) is 74.5 cm³/mol. The number of furan rings is 1. The maximum absolute atomic E-state index is 13.5. The molecule has 0 amide bonds. The molecule has 2 aromatic rings. The highest BCUT2D eigenvalue weighted by molar-refractivity contribution is 7.98. The summed E-state index contributed by atoms with van der Waals surface area (Å²) in [5.41, 5.74) is 1.34. The molecule has 0 atom stereocenters. The molecule has 1 N–H and O–H groups in total. The van der Waals surface area contributed by atoms with Gasteiger partial charge < -0.3 is 9.73 Å². The van der Waals surface area contributed by atoms with Gasteiger partial charge >= 0.3 is 0 Å². The number of benzene rings is 1. The summed E-state index contributed by atoms with van der Waals surface area (Å²) >= 11 is 0.509. The van der Waals surface area contributed by atoms with E-state index in [0.717, 1.165) is 5.56 Å². The first kappa shape index (κ1) is 14.8. The average Bonchev–Trinajstić information content (AvgIpc) is 2.85. The molecule has 0 saturated heterocycles. The minimum Gasteiger partial charge on any atom is -0.463 e. The fourth-order valence-electron chi connectivity index (χ4n) is 1.70.